The first-order valence-electron chi connectivity index (χ1n) is 7.24. The highest BCUT2D eigenvalue weighted by Crippen LogP contribution is 2.30. The SMILES string of the molecule is COc1cccc(C(N)=O)c1OCC(=O)Nc1cccc(S(N)(=O)=O)c1. The molecule has 0 fully saturated rings. The summed E-state index contributed by atoms with van der Waals surface area (Å²) in [7, 11) is -2.51. The van der Waals surface area contributed by atoms with Crippen molar-refractivity contribution in [3.05, 3.63) is 48.0 Å². The first-order valence-corrected chi connectivity index (χ1v) is 8.79. The van der Waals surface area contributed by atoms with Crippen LogP contribution in [0.15, 0.2) is 47.4 Å². The number of carbonyl (C=O) groups excluding carboxylic acids is 2. The fourth-order valence-corrected chi connectivity index (χ4v) is 2.66. The molecule has 2 aromatic rings. The van der Waals surface area contributed by atoms with E-state index in [1.165, 1.54) is 37.4 Å². The van der Waals surface area contributed by atoms with Crippen molar-refractivity contribution in [1.82, 2.24) is 0 Å². The Morgan fingerprint density at radius 2 is 1.85 bits per heavy atom. The molecular weight excluding hydrogens is 362 g/mol. The summed E-state index contributed by atoms with van der Waals surface area (Å²) in [6.07, 6.45) is 0. The van der Waals surface area contributed by atoms with Crippen molar-refractivity contribution in [2.45, 2.75) is 4.90 Å². The predicted molar refractivity (Wildman–Crippen MR) is 93.5 cm³/mol. The molecule has 138 valence electrons. The maximum atomic E-state index is 12.1. The Labute approximate surface area is 149 Å². The summed E-state index contributed by atoms with van der Waals surface area (Å²) >= 11 is 0. The zero-order chi connectivity index (χ0) is 19.3. The van der Waals surface area contributed by atoms with Gasteiger partial charge in [-0.1, -0.05) is 12.1 Å². The molecule has 0 bridgehead atoms. The average molecular weight is 379 g/mol. The number of primary amides is 1. The van der Waals surface area contributed by atoms with E-state index < -0.39 is 28.4 Å². The number of nitrogens with two attached hydrogens (primary N) is 2. The number of carbonyl (C=O) groups is 2. The first-order chi connectivity index (χ1) is 12.2. The fourth-order valence-electron chi connectivity index (χ4n) is 2.11. The molecule has 0 spiro atoms. The molecule has 0 aromatic heterocycles. The van der Waals surface area contributed by atoms with Crippen molar-refractivity contribution < 1.29 is 27.5 Å². The highest BCUT2D eigenvalue weighted by Gasteiger charge is 2.16. The van der Waals surface area contributed by atoms with Crippen LogP contribution in [0.1, 0.15) is 10.4 Å². The van der Waals surface area contributed by atoms with Crippen molar-refractivity contribution in [2.75, 3.05) is 19.0 Å². The molecule has 5 N–H and O–H groups in total. The molecule has 10 heteroatoms. The maximum absolute atomic E-state index is 12.1. The lowest BCUT2D eigenvalue weighted by atomic mass is 10.2. The second kappa shape index (κ2) is 7.85. The standard InChI is InChI=1S/C16H17N3O6S/c1-24-13-7-3-6-12(16(17)21)15(13)25-9-14(20)19-10-4-2-5-11(8-10)26(18,22)23/h2-8H,9H2,1H3,(H2,17,21)(H,19,20)(H2,18,22,23). The number of nitrogens with one attached hydrogen (secondary N) is 1. The van der Waals surface area contributed by atoms with Gasteiger partial charge in [-0.05, 0) is 30.3 Å². The molecule has 0 heterocycles. The normalized spacial score (nSPS) is 10.8. The van der Waals surface area contributed by atoms with Crippen LogP contribution in [0, 0.1) is 0 Å². The van der Waals surface area contributed by atoms with E-state index in [0.717, 1.165) is 0 Å². The molecule has 0 saturated carbocycles. The average Bonchev–Trinajstić information content (AvgIpc) is 2.59. The number of anilines is 1. The summed E-state index contributed by atoms with van der Waals surface area (Å²) in [5, 5.41) is 7.52. The van der Waals surface area contributed by atoms with Crippen LogP contribution >= 0.6 is 0 Å². The largest absolute Gasteiger partial charge is 0.493 e. The Morgan fingerprint density at radius 1 is 1.15 bits per heavy atom. The molecule has 0 atom stereocenters. The number of sulfonamides is 1. The van der Waals surface area contributed by atoms with E-state index in [0.29, 0.717) is 0 Å². The number of amides is 2. The lowest BCUT2D eigenvalue weighted by molar-refractivity contribution is -0.118. The number of ether oxygens (including phenoxy) is 2. The van der Waals surface area contributed by atoms with Crippen molar-refractivity contribution in [3.63, 3.8) is 0 Å². The Balaban J connectivity index is 2.12. The van der Waals surface area contributed by atoms with E-state index in [9.17, 15) is 18.0 Å². The van der Waals surface area contributed by atoms with Gasteiger partial charge in [0.2, 0.25) is 10.0 Å². The van der Waals surface area contributed by atoms with Crippen molar-refractivity contribution in [1.29, 1.82) is 0 Å². The summed E-state index contributed by atoms with van der Waals surface area (Å²) in [6, 6.07) is 9.99. The van der Waals surface area contributed by atoms with E-state index in [1.807, 2.05) is 0 Å². The minimum absolute atomic E-state index is 0.0379. The maximum Gasteiger partial charge on any atom is 0.262 e. The quantitative estimate of drug-likeness (QED) is 0.636. The van der Waals surface area contributed by atoms with Gasteiger partial charge in [0.25, 0.3) is 11.8 Å². The predicted octanol–water partition coefficient (Wildman–Crippen LogP) is 0.459. The molecule has 0 radical (unpaired) electrons. The van der Waals surface area contributed by atoms with Gasteiger partial charge in [-0.25, -0.2) is 13.6 Å². The number of benzene rings is 2. The summed E-state index contributed by atoms with van der Waals surface area (Å²) in [5.74, 6) is -1.04. The Hall–Kier alpha value is -3.11. The molecule has 2 rings (SSSR count). The molecule has 0 unspecified atom stereocenters. The number of primary sulfonamides is 1. The van der Waals surface area contributed by atoms with E-state index in [-0.39, 0.29) is 27.6 Å². The van der Waals surface area contributed by atoms with Crippen molar-refractivity contribution in [2.24, 2.45) is 10.9 Å². The Bertz CT molecular complexity index is 943. The minimum atomic E-state index is -3.89. The number of para-hydroxylation sites is 1. The van der Waals surface area contributed by atoms with Crippen LogP contribution in [0.5, 0.6) is 11.5 Å². The van der Waals surface area contributed by atoms with E-state index >= 15 is 0 Å². The van der Waals surface area contributed by atoms with Gasteiger partial charge in [0.1, 0.15) is 0 Å². The molecule has 2 amide bonds. The summed E-state index contributed by atoms with van der Waals surface area (Å²) in [6.45, 7) is -0.458. The lowest BCUT2D eigenvalue weighted by Gasteiger charge is -2.13. The van der Waals surface area contributed by atoms with E-state index in [1.54, 1.807) is 12.1 Å². The first kappa shape index (κ1) is 19.2. The van der Waals surface area contributed by atoms with Gasteiger partial charge in [0.15, 0.2) is 18.1 Å². The zero-order valence-electron chi connectivity index (χ0n) is 13.8. The van der Waals surface area contributed by atoms with Crippen LogP contribution in [0.4, 0.5) is 5.69 Å². The van der Waals surface area contributed by atoms with Crippen LogP contribution in [0.3, 0.4) is 0 Å². The topological polar surface area (TPSA) is 151 Å². The van der Waals surface area contributed by atoms with Crippen molar-refractivity contribution >= 4 is 27.5 Å². The molecule has 0 aliphatic rings. The second-order valence-electron chi connectivity index (χ2n) is 5.11. The number of hydrogen-bond donors (Lipinski definition) is 3. The lowest BCUT2D eigenvalue weighted by Crippen LogP contribution is -2.22. The highest BCUT2D eigenvalue weighted by atomic mass is 32.2. The summed E-state index contributed by atoms with van der Waals surface area (Å²) in [5.41, 5.74) is 5.57. The molecule has 9 nitrogen and oxygen atoms in total. The molecule has 2 aromatic carbocycles. The van der Waals surface area contributed by atoms with Crippen molar-refractivity contribution in [3.8, 4) is 11.5 Å². The van der Waals surface area contributed by atoms with Crippen LogP contribution in [0.2, 0.25) is 0 Å². The van der Waals surface area contributed by atoms with E-state index in [2.05, 4.69) is 5.32 Å². The van der Waals surface area contributed by atoms with Gasteiger partial charge in [-0.3, -0.25) is 9.59 Å². The van der Waals surface area contributed by atoms with Crippen LogP contribution in [0.25, 0.3) is 0 Å². The summed E-state index contributed by atoms with van der Waals surface area (Å²) < 4.78 is 33.1. The second-order valence-corrected chi connectivity index (χ2v) is 6.67. The smallest absolute Gasteiger partial charge is 0.262 e. The number of rotatable bonds is 7. The highest BCUT2D eigenvalue weighted by molar-refractivity contribution is 7.89. The Morgan fingerprint density at radius 3 is 2.46 bits per heavy atom. The molecule has 0 aliphatic carbocycles. The fraction of sp³-hybridized carbons (Fsp3) is 0.125. The number of hydrogen-bond acceptors (Lipinski definition) is 6. The Kier molecular flexibility index (Phi) is 5.80. The van der Waals surface area contributed by atoms with Gasteiger partial charge in [0.05, 0.1) is 17.6 Å². The van der Waals surface area contributed by atoms with Gasteiger partial charge in [-0.2, -0.15) is 0 Å². The van der Waals surface area contributed by atoms with Gasteiger partial charge < -0.3 is 20.5 Å². The number of methoxy groups -OCH3 is 1. The third-order valence-electron chi connectivity index (χ3n) is 3.26. The minimum Gasteiger partial charge on any atom is -0.493 e. The van der Waals surface area contributed by atoms with Gasteiger partial charge in [-0.15, -0.1) is 0 Å². The zero-order valence-corrected chi connectivity index (χ0v) is 14.6. The third kappa shape index (κ3) is 4.71. The molecular formula is C16H17N3O6S. The van der Waals surface area contributed by atoms with Crippen LogP contribution < -0.4 is 25.7 Å². The summed E-state index contributed by atoms with van der Waals surface area (Å²) in [4.78, 5) is 23.4. The van der Waals surface area contributed by atoms with Crippen LogP contribution in [-0.2, 0) is 14.8 Å². The van der Waals surface area contributed by atoms with E-state index in [4.69, 9.17) is 20.3 Å². The van der Waals surface area contributed by atoms with Gasteiger partial charge >= 0.3 is 0 Å². The molecule has 0 aliphatic heterocycles. The van der Waals surface area contributed by atoms with Gasteiger partial charge in [0, 0.05) is 5.69 Å². The molecule has 0 saturated heterocycles. The third-order valence-corrected chi connectivity index (χ3v) is 4.17. The van der Waals surface area contributed by atoms with Crippen LogP contribution in [-0.4, -0.2) is 33.9 Å². The monoisotopic (exact) mass is 379 g/mol. The molecule has 26 heavy (non-hydrogen) atoms.